The first kappa shape index (κ1) is 23.1. The molecule has 3 rings (SSSR count). The molecule has 3 aromatic rings. The average Bonchev–Trinajstić information content (AvgIpc) is 2.84. The number of benzene rings is 3. The van der Waals surface area contributed by atoms with Crippen LogP contribution < -0.4 is 20.1 Å². The second-order valence-electron chi connectivity index (χ2n) is 6.83. The number of nitrogens with one attached hydrogen (secondary N) is 2. The number of hydrogen-bond acceptors (Lipinski definition) is 5. The van der Waals surface area contributed by atoms with E-state index in [-0.39, 0.29) is 22.7 Å². The fourth-order valence-corrected chi connectivity index (χ4v) is 2.94. The summed E-state index contributed by atoms with van der Waals surface area (Å²) in [5.41, 5.74) is 1.09. The Labute approximate surface area is 190 Å². The van der Waals surface area contributed by atoms with Crippen LogP contribution in [0, 0.1) is 0 Å². The minimum atomic E-state index is -1.15. The first-order valence-corrected chi connectivity index (χ1v) is 9.86. The molecule has 0 saturated heterocycles. The largest absolute Gasteiger partial charge is 0.497 e. The van der Waals surface area contributed by atoms with Crippen molar-refractivity contribution >= 4 is 29.5 Å². The Hall–Kier alpha value is -4.59. The zero-order valence-electron chi connectivity index (χ0n) is 18.0. The lowest BCUT2D eigenvalue weighted by Crippen LogP contribution is -2.30. The van der Waals surface area contributed by atoms with Gasteiger partial charge in [-0.25, -0.2) is 4.79 Å². The van der Waals surface area contributed by atoms with E-state index in [2.05, 4.69) is 10.6 Å². The second-order valence-corrected chi connectivity index (χ2v) is 6.83. The molecular weight excluding hydrogens is 424 g/mol. The van der Waals surface area contributed by atoms with Crippen molar-refractivity contribution in [3.63, 3.8) is 0 Å². The number of rotatable bonds is 8. The van der Waals surface area contributed by atoms with E-state index in [1.54, 1.807) is 61.7 Å². The van der Waals surface area contributed by atoms with Crippen molar-refractivity contribution in [2.24, 2.45) is 0 Å². The van der Waals surface area contributed by atoms with E-state index in [1.807, 2.05) is 0 Å². The quantitative estimate of drug-likeness (QED) is 0.454. The van der Waals surface area contributed by atoms with E-state index in [1.165, 1.54) is 31.4 Å². The van der Waals surface area contributed by atoms with Gasteiger partial charge in [-0.1, -0.05) is 30.3 Å². The summed E-state index contributed by atoms with van der Waals surface area (Å²) in [6.45, 7) is 0. The van der Waals surface area contributed by atoms with Gasteiger partial charge >= 0.3 is 5.97 Å². The van der Waals surface area contributed by atoms with E-state index in [0.717, 1.165) is 0 Å². The second kappa shape index (κ2) is 10.6. The highest BCUT2D eigenvalue weighted by atomic mass is 16.5. The first-order chi connectivity index (χ1) is 15.9. The number of hydrogen-bond donors (Lipinski definition) is 3. The van der Waals surface area contributed by atoms with Crippen LogP contribution in [0.15, 0.2) is 78.5 Å². The maximum absolute atomic E-state index is 13.1. The van der Waals surface area contributed by atoms with Gasteiger partial charge in [0.2, 0.25) is 0 Å². The average molecular weight is 446 g/mol. The van der Waals surface area contributed by atoms with Gasteiger partial charge in [0.25, 0.3) is 11.8 Å². The molecule has 168 valence electrons. The fraction of sp³-hybridized carbons (Fsp3) is 0.0800. The Morgan fingerprint density at radius 1 is 0.848 bits per heavy atom. The van der Waals surface area contributed by atoms with E-state index in [9.17, 15) is 19.5 Å². The molecule has 0 heterocycles. The van der Waals surface area contributed by atoms with Crippen molar-refractivity contribution in [1.82, 2.24) is 5.32 Å². The smallest absolute Gasteiger partial charge is 0.335 e. The molecule has 0 unspecified atom stereocenters. The number of ether oxygens (including phenoxy) is 2. The third-order valence-corrected chi connectivity index (χ3v) is 4.65. The SMILES string of the molecule is COc1ccc(/C=C(\NC(=O)c2ccccc2)C(=O)Nc2cc(C(=O)O)ccc2OC)cc1. The molecule has 3 N–H and O–H groups in total. The molecule has 0 saturated carbocycles. The molecule has 0 spiro atoms. The summed E-state index contributed by atoms with van der Waals surface area (Å²) in [7, 11) is 2.94. The lowest BCUT2D eigenvalue weighted by atomic mass is 10.1. The molecule has 0 aliphatic heterocycles. The monoisotopic (exact) mass is 446 g/mol. The molecule has 0 bridgehead atoms. The summed E-state index contributed by atoms with van der Waals surface area (Å²) in [6.07, 6.45) is 1.50. The molecule has 3 aromatic carbocycles. The van der Waals surface area contributed by atoms with Gasteiger partial charge in [-0.15, -0.1) is 0 Å². The van der Waals surface area contributed by atoms with Crippen molar-refractivity contribution in [2.45, 2.75) is 0 Å². The predicted octanol–water partition coefficient (Wildman–Crippen LogP) is 3.81. The summed E-state index contributed by atoms with van der Waals surface area (Å²) in [4.78, 5) is 37.2. The molecule has 0 fully saturated rings. The van der Waals surface area contributed by atoms with Crippen LogP contribution in [0.4, 0.5) is 5.69 Å². The standard InChI is InChI=1S/C25H22N2O6/c1-32-19-11-8-16(9-12-19)14-21(27-23(28)17-6-4-3-5-7-17)24(29)26-20-15-18(25(30)31)10-13-22(20)33-2/h3-15H,1-2H3,(H,26,29)(H,27,28)(H,30,31)/b21-14-. The molecule has 0 aromatic heterocycles. The summed E-state index contributed by atoms with van der Waals surface area (Å²) in [5, 5.41) is 14.5. The highest BCUT2D eigenvalue weighted by Gasteiger charge is 2.18. The van der Waals surface area contributed by atoms with Crippen LogP contribution in [0.5, 0.6) is 11.5 Å². The third kappa shape index (κ3) is 5.98. The van der Waals surface area contributed by atoms with Crippen molar-refractivity contribution in [1.29, 1.82) is 0 Å². The van der Waals surface area contributed by atoms with Crippen LogP contribution >= 0.6 is 0 Å². The topological polar surface area (TPSA) is 114 Å². The van der Waals surface area contributed by atoms with Crippen LogP contribution in [-0.4, -0.2) is 37.1 Å². The summed E-state index contributed by atoms with van der Waals surface area (Å²) in [5.74, 6) is -1.37. The molecule has 0 atom stereocenters. The molecule has 0 aliphatic carbocycles. The molecule has 0 aliphatic rings. The zero-order chi connectivity index (χ0) is 23.8. The fourth-order valence-electron chi connectivity index (χ4n) is 2.94. The van der Waals surface area contributed by atoms with Gasteiger partial charge in [-0.05, 0) is 54.1 Å². The van der Waals surface area contributed by atoms with Gasteiger partial charge in [0.05, 0.1) is 25.5 Å². The van der Waals surface area contributed by atoms with Crippen LogP contribution in [0.2, 0.25) is 0 Å². The molecule has 0 radical (unpaired) electrons. The maximum atomic E-state index is 13.1. The number of aromatic carboxylic acids is 1. The first-order valence-electron chi connectivity index (χ1n) is 9.86. The van der Waals surface area contributed by atoms with E-state index >= 15 is 0 Å². The maximum Gasteiger partial charge on any atom is 0.335 e. The Morgan fingerprint density at radius 2 is 1.55 bits per heavy atom. The number of amides is 2. The van der Waals surface area contributed by atoms with Crippen molar-refractivity contribution in [3.05, 3.63) is 95.2 Å². The van der Waals surface area contributed by atoms with Crippen LogP contribution in [0.25, 0.3) is 6.08 Å². The highest BCUT2D eigenvalue weighted by Crippen LogP contribution is 2.26. The number of carboxylic acids is 1. The van der Waals surface area contributed by atoms with Gasteiger partial charge in [0, 0.05) is 5.56 Å². The zero-order valence-corrected chi connectivity index (χ0v) is 18.0. The Kier molecular flexibility index (Phi) is 7.43. The van der Waals surface area contributed by atoms with Gasteiger partial charge < -0.3 is 25.2 Å². The van der Waals surface area contributed by atoms with Crippen LogP contribution in [-0.2, 0) is 4.79 Å². The number of methoxy groups -OCH3 is 2. The normalized spacial score (nSPS) is 10.8. The number of carboxylic acid groups (broad SMARTS) is 1. The molecule has 8 heteroatoms. The number of anilines is 1. The van der Waals surface area contributed by atoms with E-state index in [4.69, 9.17) is 9.47 Å². The number of carbonyl (C=O) groups excluding carboxylic acids is 2. The lowest BCUT2D eigenvalue weighted by molar-refractivity contribution is -0.113. The third-order valence-electron chi connectivity index (χ3n) is 4.65. The van der Waals surface area contributed by atoms with Gasteiger partial charge in [0.1, 0.15) is 17.2 Å². The van der Waals surface area contributed by atoms with E-state index < -0.39 is 17.8 Å². The predicted molar refractivity (Wildman–Crippen MR) is 123 cm³/mol. The Balaban J connectivity index is 1.95. The van der Waals surface area contributed by atoms with E-state index in [0.29, 0.717) is 16.9 Å². The van der Waals surface area contributed by atoms with Crippen molar-refractivity contribution < 1.29 is 29.0 Å². The van der Waals surface area contributed by atoms with Crippen molar-refractivity contribution in [2.75, 3.05) is 19.5 Å². The number of carbonyl (C=O) groups is 3. The molecule has 2 amide bonds. The minimum Gasteiger partial charge on any atom is -0.497 e. The lowest BCUT2D eigenvalue weighted by Gasteiger charge is -2.14. The Morgan fingerprint density at radius 3 is 2.15 bits per heavy atom. The molecule has 33 heavy (non-hydrogen) atoms. The van der Waals surface area contributed by atoms with Crippen LogP contribution in [0.1, 0.15) is 26.3 Å². The van der Waals surface area contributed by atoms with Crippen LogP contribution in [0.3, 0.4) is 0 Å². The van der Waals surface area contributed by atoms with Crippen molar-refractivity contribution in [3.8, 4) is 11.5 Å². The summed E-state index contributed by atoms with van der Waals surface area (Å²) >= 11 is 0. The highest BCUT2D eigenvalue weighted by molar-refractivity contribution is 6.11. The molecular formula is C25H22N2O6. The summed E-state index contributed by atoms with van der Waals surface area (Å²) in [6, 6.07) is 19.4. The van der Waals surface area contributed by atoms with Gasteiger partial charge in [0.15, 0.2) is 0 Å². The Bertz CT molecular complexity index is 1190. The van der Waals surface area contributed by atoms with Gasteiger partial charge in [-0.2, -0.15) is 0 Å². The summed E-state index contributed by atoms with van der Waals surface area (Å²) < 4.78 is 10.4. The van der Waals surface area contributed by atoms with Gasteiger partial charge in [-0.3, -0.25) is 9.59 Å². The molecule has 8 nitrogen and oxygen atoms in total. The minimum absolute atomic E-state index is 0.0277.